The van der Waals surface area contributed by atoms with E-state index in [1.54, 1.807) is 66.7 Å². The van der Waals surface area contributed by atoms with Crippen molar-refractivity contribution in [2.24, 2.45) is 0 Å². The predicted molar refractivity (Wildman–Crippen MR) is 169 cm³/mol. The number of benzene rings is 4. The van der Waals surface area contributed by atoms with Crippen molar-refractivity contribution in [3.8, 4) is 34.1 Å². The zero-order valence-corrected chi connectivity index (χ0v) is 25.2. The van der Waals surface area contributed by atoms with Gasteiger partial charge in [0, 0.05) is 11.5 Å². The lowest BCUT2D eigenvalue weighted by atomic mass is 9.82. The van der Waals surface area contributed by atoms with Crippen LogP contribution in [0.2, 0.25) is 0 Å². The van der Waals surface area contributed by atoms with E-state index in [1.807, 2.05) is 30.3 Å². The Bertz CT molecular complexity index is 1800. The summed E-state index contributed by atoms with van der Waals surface area (Å²) in [5.74, 6) is 1.10. The van der Waals surface area contributed by atoms with Crippen molar-refractivity contribution in [2.45, 2.75) is 19.3 Å². The summed E-state index contributed by atoms with van der Waals surface area (Å²) in [6, 6.07) is 24.5. The van der Waals surface area contributed by atoms with Gasteiger partial charge in [-0.15, -0.1) is 0 Å². The third-order valence-electron chi connectivity index (χ3n) is 7.23. The highest BCUT2D eigenvalue weighted by atomic mass is 16.7. The van der Waals surface area contributed by atoms with Gasteiger partial charge in [0.05, 0.1) is 13.4 Å². The van der Waals surface area contributed by atoms with E-state index in [0.717, 1.165) is 33.4 Å². The Morgan fingerprint density at radius 2 is 1.24 bits per heavy atom. The van der Waals surface area contributed by atoms with Crippen LogP contribution in [0.3, 0.4) is 0 Å². The maximum absolute atomic E-state index is 12.6. The molecule has 4 aromatic carbocycles. The number of hydrogen-bond acceptors (Lipinski definition) is 9. The smallest absolute Gasteiger partial charge is 0.465 e. The summed E-state index contributed by atoms with van der Waals surface area (Å²) < 4.78 is 30.9. The first-order chi connectivity index (χ1) is 22.1. The highest BCUT2D eigenvalue weighted by Crippen LogP contribution is 2.50. The molecule has 0 aliphatic heterocycles. The van der Waals surface area contributed by atoms with Crippen LogP contribution in [0.15, 0.2) is 97.3 Å². The first-order valence-corrected chi connectivity index (χ1v) is 14.1. The van der Waals surface area contributed by atoms with Gasteiger partial charge in [0.15, 0.2) is 0 Å². The van der Waals surface area contributed by atoms with Gasteiger partial charge in [0.25, 0.3) is 0 Å². The number of carboxylic acid groups (broad SMARTS) is 1. The molecule has 0 atom stereocenters. The number of carbonyl (C=O) groups is 3. The van der Waals surface area contributed by atoms with Crippen molar-refractivity contribution in [1.82, 2.24) is 0 Å². The Morgan fingerprint density at radius 1 is 0.696 bits per heavy atom. The summed E-state index contributed by atoms with van der Waals surface area (Å²) in [5.41, 5.74) is 5.36. The van der Waals surface area contributed by atoms with E-state index in [9.17, 15) is 14.4 Å². The molecule has 10 nitrogen and oxygen atoms in total. The monoisotopic (exact) mass is 622 g/mol. The minimum absolute atomic E-state index is 0.0120. The van der Waals surface area contributed by atoms with Gasteiger partial charge < -0.3 is 33.5 Å². The highest BCUT2D eigenvalue weighted by molar-refractivity contribution is 5.89. The molecule has 0 bridgehead atoms. The average Bonchev–Trinajstić information content (AvgIpc) is 3.26. The summed E-state index contributed by atoms with van der Waals surface area (Å²) in [5, 5.41) is 8.67. The van der Waals surface area contributed by atoms with Crippen LogP contribution in [0.4, 0.5) is 9.59 Å². The van der Waals surface area contributed by atoms with Gasteiger partial charge in [-0.2, -0.15) is 0 Å². The molecule has 0 saturated carbocycles. The second-order valence-electron chi connectivity index (χ2n) is 10.6. The van der Waals surface area contributed by atoms with E-state index in [0.29, 0.717) is 17.2 Å². The van der Waals surface area contributed by atoms with Crippen molar-refractivity contribution >= 4 is 30.4 Å². The number of methoxy groups -OCH3 is 1. The molecule has 1 aliphatic rings. The zero-order chi connectivity index (χ0) is 32.7. The molecule has 1 N–H and O–H groups in total. The van der Waals surface area contributed by atoms with Gasteiger partial charge in [-0.25, -0.2) is 14.4 Å². The minimum Gasteiger partial charge on any atom is -0.465 e. The Kier molecular flexibility index (Phi) is 9.37. The van der Waals surface area contributed by atoms with Crippen molar-refractivity contribution in [2.75, 3.05) is 13.9 Å². The molecule has 0 fully saturated rings. The number of fused-ring (bicyclic) bond motifs is 3. The molecule has 46 heavy (non-hydrogen) atoms. The van der Waals surface area contributed by atoms with Gasteiger partial charge in [-0.1, -0.05) is 50.2 Å². The Balaban J connectivity index is 1.17. The Hall–Kier alpha value is -6.03. The van der Waals surface area contributed by atoms with Gasteiger partial charge >= 0.3 is 18.3 Å². The summed E-state index contributed by atoms with van der Waals surface area (Å²) in [6.45, 7) is 4.20. The summed E-state index contributed by atoms with van der Waals surface area (Å²) in [4.78, 5) is 34.4. The maximum Gasteiger partial charge on any atom is 0.513 e. The molecular formula is C36H30O10. The van der Waals surface area contributed by atoms with Crippen molar-refractivity contribution in [3.05, 3.63) is 120 Å². The van der Waals surface area contributed by atoms with E-state index in [-0.39, 0.29) is 18.0 Å². The molecule has 0 aromatic heterocycles. The fourth-order valence-electron chi connectivity index (χ4n) is 4.96. The standard InChI is InChI=1S/C36H30O10/c1-36(2)31-20-27(43-22-42-19-18-24-6-9-25(10-7-24)45-34(38)39)13-15-29(31)30-16-14-28(21-32(30)36)44-33(37)17-8-23-4-11-26(12-5-23)46-35(40)41-3/h4-21H,22H2,1-3H3,(H,38,39). The van der Waals surface area contributed by atoms with E-state index < -0.39 is 18.3 Å². The Morgan fingerprint density at radius 3 is 1.85 bits per heavy atom. The van der Waals surface area contributed by atoms with E-state index in [1.165, 1.54) is 19.4 Å². The van der Waals surface area contributed by atoms with Crippen LogP contribution in [-0.4, -0.2) is 37.3 Å². The molecule has 0 saturated heterocycles. The van der Waals surface area contributed by atoms with Gasteiger partial charge in [0.2, 0.25) is 6.79 Å². The lowest BCUT2D eigenvalue weighted by Gasteiger charge is -2.22. The second-order valence-corrected chi connectivity index (χ2v) is 10.6. The van der Waals surface area contributed by atoms with Crippen LogP contribution in [0, 0.1) is 0 Å². The summed E-state index contributed by atoms with van der Waals surface area (Å²) in [6.07, 6.45) is 3.98. The molecule has 0 unspecified atom stereocenters. The lowest BCUT2D eigenvalue weighted by molar-refractivity contribution is -0.128. The topological polar surface area (TPSA) is 127 Å². The minimum atomic E-state index is -1.37. The molecule has 4 aromatic rings. The largest absolute Gasteiger partial charge is 0.513 e. The van der Waals surface area contributed by atoms with Crippen LogP contribution < -0.4 is 18.9 Å². The fourth-order valence-corrected chi connectivity index (χ4v) is 4.96. The van der Waals surface area contributed by atoms with Crippen LogP contribution >= 0.6 is 0 Å². The summed E-state index contributed by atoms with van der Waals surface area (Å²) >= 11 is 0. The van der Waals surface area contributed by atoms with E-state index in [2.05, 4.69) is 23.3 Å². The third kappa shape index (κ3) is 7.54. The van der Waals surface area contributed by atoms with E-state index >= 15 is 0 Å². The molecule has 10 heteroatoms. The maximum atomic E-state index is 12.6. The molecule has 5 rings (SSSR count). The number of rotatable bonds is 10. The first-order valence-electron chi connectivity index (χ1n) is 14.1. The number of carbonyl (C=O) groups excluding carboxylic acids is 2. The normalized spacial score (nSPS) is 12.7. The van der Waals surface area contributed by atoms with Crippen LogP contribution in [-0.2, 0) is 19.7 Å². The molecule has 0 heterocycles. The lowest BCUT2D eigenvalue weighted by Crippen LogP contribution is -2.15. The molecule has 0 amide bonds. The van der Waals surface area contributed by atoms with Crippen molar-refractivity contribution in [1.29, 1.82) is 0 Å². The third-order valence-corrected chi connectivity index (χ3v) is 7.23. The first kappa shape index (κ1) is 31.4. The van der Waals surface area contributed by atoms with Gasteiger partial charge in [-0.05, 0) is 94.1 Å². The molecule has 0 spiro atoms. The highest BCUT2D eigenvalue weighted by Gasteiger charge is 2.36. The number of esters is 1. The molecule has 0 radical (unpaired) electrons. The quantitative estimate of drug-likeness (QED) is 0.0355. The van der Waals surface area contributed by atoms with Crippen LogP contribution in [0.5, 0.6) is 23.0 Å². The van der Waals surface area contributed by atoms with Crippen molar-refractivity contribution in [3.63, 3.8) is 0 Å². The Labute approximate surface area is 265 Å². The SMILES string of the molecule is COC(=O)Oc1ccc(C=CC(=O)Oc2ccc3c(c2)C(C)(C)c2cc(OCOC=Cc4ccc(OC(=O)O)cc4)ccc2-3)cc1. The molecule has 1 aliphatic carbocycles. The van der Waals surface area contributed by atoms with Crippen molar-refractivity contribution < 1.29 is 47.9 Å². The fraction of sp³-hybridized carbons (Fsp3) is 0.139. The molecular weight excluding hydrogens is 592 g/mol. The molecule has 234 valence electrons. The van der Waals surface area contributed by atoms with Crippen LogP contribution in [0.25, 0.3) is 23.3 Å². The second kappa shape index (κ2) is 13.7. The zero-order valence-electron chi connectivity index (χ0n) is 25.2. The average molecular weight is 623 g/mol. The number of ether oxygens (including phenoxy) is 6. The van der Waals surface area contributed by atoms with Gasteiger partial charge in [0.1, 0.15) is 23.0 Å². The van der Waals surface area contributed by atoms with Gasteiger partial charge in [-0.3, -0.25) is 0 Å². The predicted octanol–water partition coefficient (Wildman–Crippen LogP) is 7.84. The van der Waals surface area contributed by atoms with E-state index in [4.69, 9.17) is 24.1 Å². The van der Waals surface area contributed by atoms with Crippen LogP contribution in [0.1, 0.15) is 36.1 Å². The number of hydrogen-bond donors (Lipinski definition) is 1. The summed E-state index contributed by atoms with van der Waals surface area (Å²) in [7, 11) is 1.23.